The van der Waals surface area contributed by atoms with E-state index < -0.39 is 26.9 Å². The maximum Gasteiger partial charge on any atom is 0.255 e. The number of anilines is 1. The molecule has 7 nitrogen and oxygen atoms in total. The first-order chi connectivity index (χ1) is 13.6. The van der Waals surface area contributed by atoms with Gasteiger partial charge in [-0.2, -0.15) is 0 Å². The maximum atomic E-state index is 12.8. The summed E-state index contributed by atoms with van der Waals surface area (Å²) in [6.45, 7) is 2.81. The predicted octanol–water partition coefficient (Wildman–Crippen LogP) is 3.24. The fourth-order valence-electron chi connectivity index (χ4n) is 2.61. The summed E-state index contributed by atoms with van der Waals surface area (Å²) in [6.07, 6.45) is 0. The Labute approximate surface area is 175 Å². The van der Waals surface area contributed by atoms with Gasteiger partial charge in [0.15, 0.2) is 9.84 Å². The van der Waals surface area contributed by atoms with Crippen LogP contribution in [0.2, 0.25) is 5.02 Å². The molecular weight excluding hydrogens is 416 g/mol. The Balaban J connectivity index is 2.20. The number of benzene rings is 2. The number of sulfone groups is 1. The van der Waals surface area contributed by atoms with E-state index >= 15 is 0 Å². The molecule has 0 heterocycles. The van der Waals surface area contributed by atoms with Gasteiger partial charge in [0.1, 0.15) is 5.75 Å². The lowest BCUT2D eigenvalue weighted by atomic mass is 10.2. The fourth-order valence-corrected chi connectivity index (χ4v) is 4.02. The normalized spacial score (nSPS) is 11.2. The second-order valence-electron chi connectivity index (χ2n) is 6.64. The number of amides is 2. The van der Waals surface area contributed by atoms with Crippen LogP contribution in [0.5, 0.6) is 5.75 Å². The van der Waals surface area contributed by atoms with Crippen LogP contribution in [0.1, 0.15) is 24.2 Å². The van der Waals surface area contributed by atoms with Crippen molar-refractivity contribution in [2.45, 2.75) is 24.0 Å². The number of ether oxygens (including phenoxy) is 1. The summed E-state index contributed by atoms with van der Waals surface area (Å²) < 4.78 is 30.3. The number of halogens is 1. The number of carbonyl (C=O) groups excluding carboxylic acids is 2. The van der Waals surface area contributed by atoms with E-state index in [9.17, 15) is 18.0 Å². The highest BCUT2D eigenvalue weighted by atomic mass is 35.5. The first-order valence-electron chi connectivity index (χ1n) is 8.79. The summed E-state index contributed by atoms with van der Waals surface area (Å²) in [6, 6.07) is 10.7. The number of carbonyl (C=O) groups is 2. The van der Waals surface area contributed by atoms with E-state index in [1.54, 1.807) is 38.1 Å². The summed E-state index contributed by atoms with van der Waals surface area (Å²) >= 11 is 5.95. The van der Waals surface area contributed by atoms with Crippen molar-refractivity contribution in [1.82, 2.24) is 4.90 Å². The second-order valence-corrected chi connectivity index (χ2v) is 9.55. The summed E-state index contributed by atoms with van der Waals surface area (Å²) in [5.74, 6) is -0.631. The van der Waals surface area contributed by atoms with E-state index in [0.717, 1.165) is 4.90 Å². The second kappa shape index (κ2) is 9.28. The number of rotatable bonds is 7. The standard InChI is InChI=1S/C20H23ClN2O5S/c1-13(2)29(26,27)18-8-6-5-7-15(18)20(25)23(3)12-19(24)22-16-11-14(21)9-10-17(16)28-4/h5-11,13H,12H2,1-4H3,(H,22,24). The van der Waals surface area contributed by atoms with Gasteiger partial charge in [-0.3, -0.25) is 9.59 Å². The van der Waals surface area contributed by atoms with Gasteiger partial charge in [0.25, 0.3) is 5.91 Å². The van der Waals surface area contributed by atoms with Gasteiger partial charge in [-0.15, -0.1) is 0 Å². The van der Waals surface area contributed by atoms with E-state index in [2.05, 4.69) is 5.32 Å². The molecule has 0 spiro atoms. The Morgan fingerprint density at radius 3 is 2.45 bits per heavy atom. The Morgan fingerprint density at radius 1 is 1.17 bits per heavy atom. The maximum absolute atomic E-state index is 12.8. The van der Waals surface area contributed by atoms with Crippen LogP contribution < -0.4 is 10.1 Å². The van der Waals surface area contributed by atoms with Crippen LogP contribution in [0.3, 0.4) is 0 Å². The minimum atomic E-state index is -3.66. The molecule has 0 radical (unpaired) electrons. The third kappa shape index (κ3) is 5.27. The van der Waals surface area contributed by atoms with Crippen LogP contribution >= 0.6 is 11.6 Å². The van der Waals surface area contributed by atoms with E-state index in [4.69, 9.17) is 16.3 Å². The lowest BCUT2D eigenvalue weighted by Gasteiger charge is -2.20. The average molecular weight is 439 g/mol. The number of likely N-dealkylation sites (N-methyl/N-ethyl adjacent to an activating group) is 1. The Bertz CT molecular complexity index is 1020. The summed E-state index contributed by atoms with van der Waals surface area (Å²) in [7, 11) is -0.771. The molecule has 0 fully saturated rings. The van der Waals surface area contributed by atoms with Crippen LogP contribution in [-0.2, 0) is 14.6 Å². The molecule has 9 heteroatoms. The quantitative estimate of drug-likeness (QED) is 0.716. The summed E-state index contributed by atoms with van der Waals surface area (Å²) in [4.78, 5) is 26.3. The molecule has 156 valence electrons. The van der Waals surface area contributed by atoms with Crippen molar-refractivity contribution in [2.24, 2.45) is 0 Å². The smallest absolute Gasteiger partial charge is 0.255 e. The molecule has 0 bridgehead atoms. The van der Waals surface area contributed by atoms with Crippen molar-refractivity contribution in [3.8, 4) is 5.75 Å². The summed E-state index contributed by atoms with van der Waals surface area (Å²) in [5.41, 5.74) is 0.394. The zero-order chi connectivity index (χ0) is 21.8. The Kier molecular flexibility index (Phi) is 7.26. The molecule has 2 aromatic rings. The molecule has 0 aliphatic rings. The van der Waals surface area contributed by atoms with Gasteiger partial charge in [0, 0.05) is 12.1 Å². The van der Waals surface area contributed by atoms with Crippen LogP contribution in [-0.4, -0.2) is 51.1 Å². The first kappa shape index (κ1) is 22.7. The lowest BCUT2D eigenvalue weighted by Crippen LogP contribution is -2.35. The van der Waals surface area contributed by atoms with Crippen LogP contribution in [0.15, 0.2) is 47.4 Å². The third-order valence-corrected chi connectivity index (χ3v) is 6.65. The molecule has 2 rings (SSSR count). The van der Waals surface area contributed by atoms with Gasteiger partial charge in [-0.05, 0) is 44.2 Å². The fraction of sp³-hybridized carbons (Fsp3) is 0.300. The number of nitrogens with zero attached hydrogens (tertiary/aromatic N) is 1. The summed E-state index contributed by atoms with van der Waals surface area (Å²) in [5, 5.41) is 2.38. The largest absolute Gasteiger partial charge is 0.495 e. The topological polar surface area (TPSA) is 92.8 Å². The molecule has 0 aromatic heterocycles. The van der Waals surface area contributed by atoms with Gasteiger partial charge in [0.2, 0.25) is 5.91 Å². The molecule has 29 heavy (non-hydrogen) atoms. The predicted molar refractivity (Wildman–Crippen MR) is 112 cm³/mol. The molecule has 2 amide bonds. The number of nitrogens with one attached hydrogen (secondary N) is 1. The third-order valence-electron chi connectivity index (χ3n) is 4.21. The monoisotopic (exact) mass is 438 g/mol. The van der Waals surface area contributed by atoms with Gasteiger partial charge in [0.05, 0.1) is 35.1 Å². The van der Waals surface area contributed by atoms with E-state index in [0.29, 0.717) is 16.5 Å². The molecular formula is C20H23ClN2O5S. The molecule has 0 saturated heterocycles. The van der Waals surface area contributed by atoms with Crippen molar-refractivity contribution in [2.75, 3.05) is 26.0 Å². The van der Waals surface area contributed by atoms with Crippen LogP contribution in [0, 0.1) is 0 Å². The van der Waals surface area contributed by atoms with Crippen molar-refractivity contribution in [3.05, 3.63) is 53.1 Å². The van der Waals surface area contributed by atoms with Crippen molar-refractivity contribution >= 4 is 38.9 Å². The Hall–Kier alpha value is -2.58. The van der Waals surface area contributed by atoms with Crippen LogP contribution in [0.25, 0.3) is 0 Å². The highest BCUT2D eigenvalue weighted by Crippen LogP contribution is 2.27. The van der Waals surface area contributed by atoms with E-state index in [1.165, 1.54) is 32.4 Å². The first-order valence-corrected chi connectivity index (χ1v) is 10.7. The van der Waals surface area contributed by atoms with Gasteiger partial charge < -0.3 is 15.0 Å². The molecule has 1 N–H and O–H groups in total. The van der Waals surface area contributed by atoms with Gasteiger partial charge in [-0.25, -0.2) is 8.42 Å². The molecule has 0 saturated carbocycles. The minimum absolute atomic E-state index is 0.0248. The lowest BCUT2D eigenvalue weighted by molar-refractivity contribution is -0.116. The molecule has 0 aliphatic heterocycles. The van der Waals surface area contributed by atoms with Crippen molar-refractivity contribution in [3.63, 3.8) is 0 Å². The minimum Gasteiger partial charge on any atom is -0.495 e. The van der Waals surface area contributed by atoms with Gasteiger partial charge in [-0.1, -0.05) is 23.7 Å². The Morgan fingerprint density at radius 2 is 1.83 bits per heavy atom. The molecule has 0 aliphatic carbocycles. The van der Waals surface area contributed by atoms with Crippen LogP contribution in [0.4, 0.5) is 5.69 Å². The number of methoxy groups -OCH3 is 1. The van der Waals surface area contributed by atoms with Gasteiger partial charge >= 0.3 is 0 Å². The van der Waals surface area contributed by atoms with E-state index in [-0.39, 0.29) is 17.0 Å². The highest BCUT2D eigenvalue weighted by Gasteiger charge is 2.27. The van der Waals surface area contributed by atoms with Crippen molar-refractivity contribution in [1.29, 1.82) is 0 Å². The average Bonchev–Trinajstić information content (AvgIpc) is 2.67. The molecule has 0 unspecified atom stereocenters. The molecule has 2 aromatic carbocycles. The number of hydrogen-bond donors (Lipinski definition) is 1. The highest BCUT2D eigenvalue weighted by molar-refractivity contribution is 7.92. The SMILES string of the molecule is COc1ccc(Cl)cc1NC(=O)CN(C)C(=O)c1ccccc1S(=O)(=O)C(C)C. The zero-order valence-electron chi connectivity index (χ0n) is 16.6. The van der Waals surface area contributed by atoms with Crippen molar-refractivity contribution < 1.29 is 22.7 Å². The number of hydrogen-bond acceptors (Lipinski definition) is 5. The molecule has 0 atom stereocenters. The van der Waals surface area contributed by atoms with E-state index in [1.807, 2.05) is 0 Å². The zero-order valence-corrected chi connectivity index (χ0v) is 18.2.